The maximum atomic E-state index is 13.7. The second kappa shape index (κ2) is 8.65. The Hall–Kier alpha value is -3.34. The minimum absolute atomic E-state index is 0.0924. The maximum Gasteiger partial charge on any atom is 0.162 e. The molecule has 3 aromatic rings. The van der Waals surface area contributed by atoms with Gasteiger partial charge in [0.05, 0.1) is 18.0 Å². The molecule has 0 bridgehead atoms. The molecule has 5 heteroatoms. The molecule has 2 heterocycles. The number of rotatable bonds is 4. The van der Waals surface area contributed by atoms with Crippen molar-refractivity contribution in [1.29, 1.82) is 0 Å². The lowest BCUT2D eigenvalue weighted by molar-refractivity contribution is -0.118. The number of carbonyl (C=O) groups excluding carboxylic acids is 1. The molecule has 5 nitrogen and oxygen atoms in total. The van der Waals surface area contributed by atoms with E-state index in [4.69, 9.17) is 9.84 Å². The highest BCUT2D eigenvalue weighted by Gasteiger charge is 2.44. The number of allylic oxidation sites excluding steroid dienone is 2. The Balaban J connectivity index is 1.79. The van der Waals surface area contributed by atoms with Gasteiger partial charge in [-0.2, -0.15) is 5.10 Å². The van der Waals surface area contributed by atoms with Crippen molar-refractivity contribution in [3.63, 3.8) is 0 Å². The van der Waals surface area contributed by atoms with E-state index in [0.717, 1.165) is 51.8 Å². The summed E-state index contributed by atoms with van der Waals surface area (Å²) in [7, 11) is 0. The molecule has 0 fully saturated rings. The average Bonchev–Trinajstić information content (AvgIpc) is 3.17. The number of nitrogens with one attached hydrogen (secondary N) is 1. The van der Waals surface area contributed by atoms with Gasteiger partial charge in [0.25, 0.3) is 0 Å². The van der Waals surface area contributed by atoms with Crippen molar-refractivity contribution in [3.8, 4) is 11.4 Å². The highest BCUT2D eigenvalue weighted by atomic mass is 16.5. The highest BCUT2D eigenvalue weighted by Crippen LogP contribution is 2.52. The van der Waals surface area contributed by atoms with Crippen LogP contribution in [0.3, 0.4) is 0 Å². The third-order valence-corrected chi connectivity index (χ3v) is 7.17. The first kappa shape index (κ1) is 24.4. The molecule has 1 aromatic heterocycles. The summed E-state index contributed by atoms with van der Waals surface area (Å²) in [5, 5.41) is 8.94. The van der Waals surface area contributed by atoms with Crippen molar-refractivity contribution in [2.24, 2.45) is 5.41 Å². The van der Waals surface area contributed by atoms with Crippen LogP contribution in [0.25, 0.3) is 5.69 Å². The average molecular weight is 484 g/mol. The molecule has 2 aliphatic rings. The van der Waals surface area contributed by atoms with Crippen molar-refractivity contribution in [1.82, 2.24) is 9.78 Å². The first-order chi connectivity index (χ1) is 17.0. The summed E-state index contributed by atoms with van der Waals surface area (Å²) < 4.78 is 7.76. The standard InChI is InChI=1S/C31H37N3O2/c1-8-36-22-14-12-20(13-15-22)25-26-23(17-31(6,7)18-24(26)35)32-29-27(25)28(30(3,4)5)33-34(29)21-11-9-10-19(2)16-21/h9-16,25,32H,8,17-18H2,1-7H3. The van der Waals surface area contributed by atoms with Crippen LogP contribution in [0, 0.1) is 12.3 Å². The highest BCUT2D eigenvalue weighted by molar-refractivity contribution is 6.01. The second-order valence-electron chi connectivity index (χ2n) is 12.0. The van der Waals surface area contributed by atoms with Crippen molar-refractivity contribution in [2.75, 3.05) is 11.9 Å². The van der Waals surface area contributed by atoms with Gasteiger partial charge in [0.15, 0.2) is 5.78 Å². The molecule has 1 aliphatic heterocycles. The van der Waals surface area contributed by atoms with E-state index in [1.807, 2.05) is 23.7 Å². The van der Waals surface area contributed by atoms with Gasteiger partial charge in [-0.25, -0.2) is 4.68 Å². The SMILES string of the molecule is CCOc1ccc(C2C3=C(CC(C)(C)CC3=O)Nc3c2c(C(C)(C)C)nn3-c2cccc(C)c2)cc1. The normalized spacial score (nSPS) is 19.0. The predicted molar refractivity (Wildman–Crippen MR) is 145 cm³/mol. The van der Waals surface area contributed by atoms with Crippen LogP contribution in [0.5, 0.6) is 5.75 Å². The Labute approximate surface area is 214 Å². The first-order valence-corrected chi connectivity index (χ1v) is 12.9. The molecule has 1 aliphatic carbocycles. The van der Waals surface area contributed by atoms with E-state index >= 15 is 0 Å². The third kappa shape index (κ3) is 4.25. The number of Topliss-reactive ketones (excluding diaryl/α,β-unsaturated/α-hetero) is 1. The van der Waals surface area contributed by atoms with Crippen LogP contribution in [-0.2, 0) is 10.2 Å². The Morgan fingerprint density at radius 3 is 2.47 bits per heavy atom. The fourth-order valence-electron chi connectivity index (χ4n) is 5.65. The summed E-state index contributed by atoms with van der Waals surface area (Å²) in [6.07, 6.45) is 1.37. The van der Waals surface area contributed by atoms with Gasteiger partial charge in [0, 0.05) is 34.6 Å². The molecule has 1 unspecified atom stereocenters. The van der Waals surface area contributed by atoms with Gasteiger partial charge < -0.3 is 10.1 Å². The number of ketones is 1. The molecule has 0 spiro atoms. The molecule has 188 valence electrons. The molecular formula is C31H37N3O2. The molecule has 1 atom stereocenters. The van der Waals surface area contributed by atoms with Gasteiger partial charge >= 0.3 is 0 Å². The van der Waals surface area contributed by atoms with Gasteiger partial charge in [-0.15, -0.1) is 0 Å². The molecule has 2 aromatic carbocycles. The molecular weight excluding hydrogens is 446 g/mol. The van der Waals surface area contributed by atoms with Crippen molar-refractivity contribution >= 4 is 11.6 Å². The van der Waals surface area contributed by atoms with Crippen LogP contribution in [-0.4, -0.2) is 22.2 Å². The van der Waals surface area contributed by atoms with E-state index in [9.17, 15) is 4.79 Å². The molecule has 0 radical (unpaired) electrons. The molecule has 0 saturated carbocycles. The van der Waals surface area contributed by atoms with Crippen molar-refractivity contribution in [3.05, 3.63) is 82.2 Å². The Morgan fingerprint density at radius 1 is 1.11 bits per heavy atom. The lowest BCUT2D eigenvalue weighted by Crippen LogP contribution is -2.34. The van der Waals surface area contributed by atoms with E-state index in [2.05, 4.69) is 83.3 Å². The summed E-state index contributed by atoms with van der Waals surface area (Å²) >= 11 is 0. The summed E-state index contributed by atoms with van der Waals surface area (Å²) in [6, 6.07) is 16.7. The number of benzene rings is 2. The van der Waals surface area contributed by atoms with E-state index in [1.54, 1.807) is 0 Å². The van der Waals surface area contributed by atoms with Gasteiger partial charge in [0.1, 0.15) is 11.6 Å². The number of anilines is 1. The summed E-state index contributed by atoms with van der Waals surface area (Å²) in [4.78, 5) is 13.7. The molecule has 1 N–H and O–H groups in total. The largest absolute Gasteiger partial charge is 0.494 e. The summed E-state index contributed by atoms with van der Waals surface area (Å²) in [5.74, 6) is 1.85. The number of hydrogen-bond acceptors (Lipinski definition) is 4. The molecule has 0 saturated heterocycles. The fraction of sp³-hybridized carbons (Fsp3) is 0.419. The van der Waals surface area contributed by atoms with Gasteiger partial charge in [0.2, 0.25) is 0 Å². The molecule has 5 rings (SSSR count). The first-order valence-electron chi connectivity index (χ1n) is 12.9. The van der Waals surface area contributed by atoms with Crippen molar-refractivity contribution < 1.29 is 9.53 Å². The number of aromatic nitrogens is 2. The Morgan fingerprint density at radius 2 is 1.83 bits per heavy atom. The van der Waals surface area contributed by atoms with Crippen LogP contribution in [0.4, 0.5) is 5.82 Å². The zero-order valence-corrected chi connectivity index (χ0v) is 22.5. The second-order valence-corrected chi connectivity index (χ2v) is 12.0. The van der Waals surface area contributed by atoms with Gasteiger partial charge in [-0.05, 0) is 61.1 Å². The number of fused-ring (bicyclic) bond motifs is 1. The van der Waals surface area contributed by atoms with Crippen molar-refractivity contribution in [2.45, 2.75) is 72.6 Å². The lowest BCUT2D eigenvalue weighted by Gasteiger charge is -2.39. The predicted octanol–water partition coefficient (Wildman–Crippen LogP) is 7.08. The number of ether oxygens (including phenoxy) is 1. The van der Waals surface area contributed by atoms with Gasteiger partial charge in [-0.1, -0.05) is 58.9 Å². The number of nitrogens with zero attached hydrogens (tertiary/aromatic N) is 2. The zero-order valence-electron chi connectivity index (χ0n) is 22.5. The van der Waals surface area contributed by atoms with Crippen LogP contribution >= 0.6 is 0 Å². The topological polar surface area (TPSA) is 56.1 Å². The van der Waals surface area contributed by atoms with E-state index in [-0.39, 0.29) is 22.5 Å². The Kier molecular flexibility index (Phi) is 5.85. The van der Waals surface area contributed by atoms with Gasteiger partial charge in [-0.3, -0.25) is 4.79 Å². The third-order valence-electron chi connectivity index (χ3n) is 7.17. The van der Waals surface area contributed by atoms with E-state index in [1.165, 1.54) is 5.56 Å². The zero-order chi connectivity index (χ0) is 25.8. The minimum Gasteiger partial charge on any atom is -0.494 e. The van der Waals surface area contributed by atoms with Crippen LogP contribution in [0.1, 0.15) is 82.7 Å². The maximum absolute atomic E-state index is 13.7. The lowest BCUT2D eigenvalue weighted by atomic mass is 9.68. The number of aryl methyl sites for hydroxylation is 1. The van der Waals surface area contributed by atoms with E-state index in [0.29, 0.717) is 13.0 Å². The summed E-state index contributed by atoms with van der Waals surface area (Å²) in [5.41, 5.74) is 7.01. The fourth-order valence-corrected chi connectivity index (χ4v) is 5.65. The van der Waals surface area contributed by atoms with Crippen LogP contribution in [0.15, 0.2) is 59.8 Å². The van der Waals surface area contributed by atoms with Crippen LogP contribution < -0.4 is 10.1 Å². The monoisotopic (exact) mass is 483 g/mol. The van der Waals surface area contributed by atoms with Crippen LogP contribution in [0.2, 0.25) is 0 Å². The summed E-state index contributed by atoms with van der Waals surface area (Å²) in [6.45, 7) is 15.7. The number of carbonyl (C=O) groups is 1. The molecule has 0 amide bonds. The smallest absolute Gasteiger partial charge is 0.162 e. The minimum atomic E-state index is -0.209. The Bertz CT molecular complexity index is 1350. The van der Waals surface area contributed by atoms with E-state index < -0.39 is 0 Å². The quantitative estimate of drug-likeness (QED) is 0.431. The number of hydrogen-bond donors (Lipinski definition) is 1. The molecule has 36 heavy (non-hydrogen) atoms.